The molecule has 0 heterocycles. The fraction of sp³-hybridized carbons (Fsp3) is 0.917. The summed E-state index contributed by atoms with van der Waals surface area (Å²) in [5, 5.41) is 9.03. The zero-order chi connectivity index (χ0) is 12.1. The second-order valence-electron chi connectivity index (χ2n) is 5.36. The minimum absolute atomic E-state index is 0.0464. The van der Waals surface area contributed by atoms with Gasteiger partial charge in [0, 0.05) is 13.6 Å². The van der Waals surface area contributed by atoms with Gasteiger partial charge in [0.15, 0.2) is 0 Å². The van der Waals surface area contributed by atoms with Crippen molar-refractivity contribution in [1.29, 1.82) is 0 Å². The molecule has 0 aliphatic rings. The van der Waals surface area contributed by atoms with Crippen LogP contribution in [0.2, 0.25) is 0 Å². The molecule has 1 N–H and O–H groups in total. The summed E-state index contributed by atoms with van der Waals surface area (Å²) in [4.78, 5) is 13.5. The molecule has 1 amide bonds. The Hall–Kier alpha value is -0.570. The maximum absolute atomic E-state index is 11.8. The van der Waals surface area contributed by atoms with Crippen LogP contribution < -0.4 is 0 Å². The second-order valence-corrected chi connectivity index (χ2v) is 5.36. The van der Waals surface area contributed by atoms with E-state index in [9.17, 15) is 4.79 Å². The van der Waals surface area contributed by atoms with Crippen molar-refractivity contribution >= 4 is 5.91 Å². The molecule has 0 fully saturated rings. The smallest absolute Gasteiger partial charge is 0.227 e. The van der Waals surface area contributed by atoms with Gasteiger partial charge >= 0.3 is 0 Å². The molecule has 0 rings (SSSR count). The first-order valence-electron chi connectivity index (χ1n) is 5.67. The highest BCUT2D eigenvalue weighted by molar-refractivity contribution is 5.78. The second kappa shape index (κ2) is 6.11. The van der Waals surface area contributed by atoms with E-state index < -0.39 is 0 Å². The maximum atomic E-state index is 11.8. The van der Waals surface area contributed by atoms with Gasteiger partial charge in [-0.25, -0.2) is 0 Å². The van der Waals surface area contributed by atoms with Gasteiger partial charge in [0.05, 0.1) is 12.5 Å². The van der Waals surface area contributed by atoms with E-state index in [4.69, 9.17) is 5.11 Å². The first-order valence-corrected chi connectivity index (χ1v) is 5.67. The molecule has 3 heteroatoms. The number of hydrogen-bond donors (Lipinski definition) is 1. The third kappa shape index (κ3) is 5.78. The molecule has 0 aromatic heterocycles. The average molecular weight is 215 g/mol. The number of aliphatic hydroxyl groups excluding tert-OH is 1. The molecular formula is C12H25NO2. The van der Waals surface area contributed by atoms with E-state index in [0.29, 0.717) is 6.42 Å². The average Bonchev–Trinajstić information content (AvgIpc) is 2.14. The molecule has 3 nitrogen and oxygen atoms in total. The molecule has 0 aliphatic heterocycles. The fourth-order valence-corrected chi connectivity index (χ4v) is 1.31. The Morgan fingerprint density at radius 3 is 2.27 bits per heavy atom. The Kier molecular flexibility index (Phi) is 5.88. The van der Waals surface area contributed by atoms with Crippen LogP contribution in [-0.4, -0.2) is 36.1 Å². The van der Waals surface area contributed by atoms with Crippen molar-refractivity contribution in [3.63, 3.8) is 0 Å². The summed E-state index contributed by atoms with van der Waals surface area (Å²) in [5.41, 5.74) is 0.246. The summed E-state index contributed by atoms with van der Waals surface area (Å²) in [6.07, 6.45) is 1.69. The standard InChI is InChI=1S/C12H25NO2/c1-6-10(9-14)11(15)13(5)8-7-12(2,3)4/h10,14H,6-9H2,1-5H3. The van der Waals surface area contributed by atoms with Gasteiger partial charge in [-0.15, -0.1) is 0 Å². The number of hydrogen-bond acceptors (Lipinski definition) is 2. The Labute approximate surface area is 93.5 Å². The van der Waals surface area contributed by atoms with Crippen molar-refractivity contribution in [3.8, 4) is 0 Å². The number of nitrogens with zero attached hydrogens (tertiary/aromatic N) is 1. The summed E-state index contributed by atoms with van der Waals surface area (Å²) >= 11 is 0. The minimum atomic E-state index is -0.227. The van der Waals surface area contributed by atoms with Crippen molar-refractivity contribution in [1.82, 2.24) is 4.90 Å². The van der Waals surface area contributed by atoms with Gasteiger partial charge in [-0.05, 0) is 18.3 Å². The van der Waals surface area contributed by atoms with Crippen molar-refractivity contribution in [2.75, 3.05) is 20.2 Å². The number of aliphatic hydroxyl groups is 1. The molecule has 0 aromatic rings. The van der Waals surface area contributed by atoms with Gasteiger partial charge in [0.2, 0.25) is 5.91 Å². The topological polar surface area (TPSA) is 40.5 Å². The molecule has 90 valence electrons. The molecule has 15 heavy (non-hydrogen) atoms. The number of carbonyl (C=O) groups is 1. The number of rotatable bonds is 5. The summed E-state index contributed by atoms with van der Waals surface area (Å²) in [6, 6.07) is 0. The van der Waals surface area contributed by atoms with Crippen molar-refractivity contribution in [2.24, 2.45) is 11.3 Å². The third-order valence-corrected chi connectivity index (χ3v) is 2.64. The van der Waals surface area contributed by atoms with Gasteiger partial charge in [-0.2, -0.15) is 0 Å². The Morgan fingerprint density at radius 2 is 1.93 bits per heavy atom. The van der Waals surface area contributed by atoms with Crippen LogP contribution in [0, 0.1) is 11.3 Å². The lowest BCUT2D eigenvalue weighted by Crippen LogP contribution is -2.36. The lowest BCUT2D eigenvalue weighted by atomic mass is 9.92. The van der Waals surface area contributed by atoms with Crippen LogP contribution in [0.15, 0.2) is 0 Å². The van der Waals surface area contributed by atoms with E-state index in [1.54, 1.807) is 4.90 Å². The van der Waals surface area contributed by atoms with Gasteiger partial charge in [-0.3, -0.25) is 4.79 Å². The predicted molar refractivity (Wildman–Crippen MR) is 62.6 cm³/mol. The van der Waals surface area contributed by atoms with Gasteiger partial charge < -0.3 is 10.0 Å². The molecule has 0 saturated heterocycles. The van der Waals surface area contributed by atoms with Crippen LogP contribution in [0.4, 0.5) is 0 Å². The molecule has 0 radical (unpaired) electrons. The summed E-state index contributed by atoms with van der Waals surface area (Å²) in [7, 11) is 1.81. The summed E-state index contributed by atoms with van der Waals surface area (Å²) in [5.74, 6) is -0.167. The molecule has 0 spiro atoms. The van der Waals surface area contributed by atoms with Crippen LogP contribution in [-0.2, 0) is 4.79 Å². The van der Waals surface area contributed by atoms with Crippen LogP contribution in [0.5, 0.6) is 0 Å². The molecule has 0 aromatic carbocycles. The van der Waals surface area contributed by atoms with E-state index in [0.717, 1.165) is 13.0 Å². The SMILES string of the molecule is CCC(CO)C(=O)N(C)CCC(C)(C)C. The van der Waals surface area contributed by atoms with E-state index in [-0.39, 0.29) is 23.8 Å². The summed E-state index contributed by atoms with van der Waals surface area (Å²) in [6.45, 7) is 9.13. The zero-order valence-electron chi connectivity index (χ0n) is 10.7. The van der Waals surface area contributed by atoms with Gasteiger partial charge in [0.1, 0.15) is 0 Å². The van der Waals surface area contributed by atoms with Crippen molar-refractivity contribution in [3.05, 3.63) is 0 Å². The molecule has 0 saturated carbocycles. The molecule has 0 bridgehead atoms. The maximum Gasteiger partial charge on any atom is 0.227 e. The van der Waals surface area contributed by atoms with E-state index >= 15 is 0 Å². The fourth-order valence-electron chi connectivity index (χ4n) is 1.31. The van der Waals surface area contributed by atoms with Crippen LogP contribution >= 0.6 is 0 Å². The first kappa shape index (κ1) is 14.4. The number of carbonyl (C=O) groups excluding carboxylic acids is 1. The normalized spacial score (nSPS) is 13.7. The van der Waals surface area contributed by atoms with Gasteiger partial charge in [0.25, 0.3) is 0 Å². The Morgan fingerprint density at radius 1 is 1.40 bits per heavy atom. The monoisotopic (exact) mass is 215 g/mol. The van der Waals surface area contributed by atoms with Gasteiger partial charge in [-0.1, -0.05) is 27.7 Å². The van der Waals surface area contributed by atoms with E-state index in [1.165, 1.54) is 0 Å². The minimum Gasteiger partial charge on any atom is -0.396 e. The highest BCUT2D eigenvalue weighted by Gasteiger charge is 2.20. The zero-order valence-corrected chi connectivity index (χ0v) is 10.7. The van der Waals surface area contributed by atoms with Crippen LogP contribution in [0.25, 0.3) is 0 Å². The Bertz CT molecular complexity index is 192. The third-order valence-electron chi connectivity index (χ3n) is 2.64. The van der Waals surface area contributed by atoms with E-state index in [1.807, 2.05) is 14.0 Å². The highest BCUT2D eigenvalue weighted by Crippen LogP contribution is 2.19. The lowest BCUT2D eigenvalue weighted by molar-refractivity contribution is -0.135. The molecule has 0 aliphatic carbocycles. The Balaban J connectivity index is 4.09. The molecule has 1 atom stereocenters. The van der Waals surface area contributed by atoms with E-state index in [2.05, 4.69) is 20.8 Å². The number of amides is 1. The largest absolute Gasteiger partial charge is 0.396 e. The van der Waals surface area contributed by atoms with Crippen molar-refractivity contribution in [2.45, 2.75) is 40.5 Å². The van der Waals surface area contributed by atoms with Crippen LogP contribution in [0.1, 0.15) is 40.5 Å². The predicted octanol–water partition coefficient (Wildman–Crippen LogP) is 1.90. The first-order chi connectivity index (χ1) is 6.81. The highest BCUT2D eigenvalue weighted by atomic mass is 16.3. The quantitative estimate of drug-likeness (QED) is 0.761. The lowest BCUT2D eigenvalue weighted by Gasteiger charge is -2.26. The van der Waals surface area contributed by atoms with Crippen LogP contribution in [0.3, 0.4) is 0 Å². The van der Waals surface area contributed by atoms with Crippen molar-refractivity contribution < 1.29 is 9.90 Å². The molecular weight excluding hydrogens is 190 g/mol. The molecule has 1 unspecified atom stereocenters. The summed E-state index contributed by atoms with van der Waals surface area (Å²) < 4.78 is 0.